The van der Waals surface area contributed by atoms with E-state index in [1.165, 1.54) is 11.6 Å². The predicted octanol–water partition coefficient (Wildman–Crippen LogP) is 3.19. The van der Waals surface area contributed by atoms with E-state index in [-0.39, 0.29) is 5.82 Å². The second-order valence-electron chi connectivity index (χ2n) is 5.21. The van der Waals surface area contributed by atoms with Crippen LogP contribution in [0, 0.1) is 5.82 Å². The Kier molecular flexibility index (Phi) is 4.68. The van der Waals surface area contributed by atoms with Gasteiger partial charge in [0.15, 0.2) is 0 Å². The number of hydrogen-bond acceptors (Lipinski definition) is 3. The number of aliphatic imine (C=N–C) groups is 1. The zero-order valence-electron chi connectivity index (χ0n) is 12.4. The van der Waals surface area contributed by atoms with Gasteiger partial charge in [-0.2, -0.15) is 0 Å². The first-order chi connectivity index (χ1) is 10.8. The van der Waals surface area contributed by atoms with Gasteiger partial charge >= 0.3 is 0 Å². The molecule has 0 aliphatic carbocycles. The lowest BCUT2D eigenvalue weighted by molar-refractivity contribution is 0.319. The molecule has 0 radical (unpaired) electrons. The zero-order valence-corrected chi connectivity index (χ0v) is 12.4. The second-order valence-corrected chi connectivity index (χ2v) is 5.21. The largest absolute Gasteiger partial charge is 0.492 e. The van der Waals surface area contributed by atoms with Gasteiger partial charge in [0.05, 0.1) is 12.2 Å². The molecular weight excluding hydrogens is 279 g/mol. The molecule has 1 aliphatic rings. The molecule has 0 amide bonds. The number of ether oxygens (including phenoxy) is 1. The van der Waals surface area contributed by atoms with Crippen LogP contribution in [0.25, 0.3) is 0 Å². The van der Waals surface area contributed by atoms with Crippen LogP contribution in [0.15, 0.2) is 53.5 Å². The van der Waals surface area contributed by atoms with E-state index < -0.39 is 0 Å². The minimum absolute atomic E-state index is 0.301. The quantitative estimate of drug-likeness (QED) is 0.920. The number of nitrogens with one attached hydrogen (secondary N) is 1. The highest BCUT2D eigenvalue weighted by Gasteiger charge is 2.17. The van der Waals surface area contributed by atoms with Crippen LogP contribution < -0.4 is 10.1 Å². The Hall–Kier alpha value is -2.36. The van der Waals surface area contributed by atoms with E-state index >= 15 is 0 Å². The van der Waals surface area contributed by atoms with E-state index in [1.54, 1.807) is 12.1 Å². The van der Waals surface area contributed by atoms with Crippen molar-refractivity contribution in [1.29, 1.82) is 0 Å². The highest BCUT2D eigenvalue weighted by Crippen LogP contribution is 2.23. The molecule has 0 bridgehead atoms. The minimum atomic E-state index is -0.301. The van der Waals surface area contributed by atoms with Crippen molar-refractivity contribution in [2.75, 3.05) is 19.7 Å². The lowest BCUT2D eigenvalue weighted by Crippen LogP contribution is -2.31. The van der Waals surface area contributed by atoms with Crippen LogP contribution in [-0.2, 0) is 6.42 Å². The van der Waals surface area contributed by atoms with Crippen molar-refractivity contribution in [3.05, 3.63) is 65.5 Å². The number of rotatable bonds is 5. The molecule has 0 saturated carbocycles. The summed E-state index contributed by atoms with van der Waals surface area (Å²) in [6.45, 7) is 2.05. The molecule has 1 aliphatic heterocycles. The standard InChI is InChI=1S/C18H19FN2O/c19-15-8-4-9-16(17(15)18-20-11-5-12-21-18)22-13-10-14-6-2-1-3-7-14/h1-4,6-9H,5,10-13H2,(H,20,21). The van der Waals surface area contributed by atoms with Gasteiger partial charge in [-0.1, -0.05) is 36.4 Å². The van der Waals surface area contributed by atoms with Gasteiger partial charge in [-0.3, -0.25) is 4.99 Å². The van der Waals surface area contributed by atoms with Crippen molar-refractivity contribution in [1.82, 2.24) is 5.32 Å². The summed E-state index contributed by atoms with van der Waals surface area (Å²) in [6, 6.07) is 15.0. The molecular formula is C18H19FN2O. The van der Waals surface area contributed by atoms with Crippen molar-refractivity contribution in [2.45, 2.75) is 12.8 Å². The van der Waals surface area contributed by atoms with Crippen LogP contribution >= 0.6 is 0 Å². The van der Waals surface area contributed by atoms with Crippen LogP contribution in [-0.4, -0.2) is 25.5 Å². The summed E-state index contributed by atoms with van der Waals surface area (Å²) in [5.74, 6) is 0.841. The van der Waals surface area contributed by atoms with Crippen LogP contribution in [0.5, 0.6) is 5.75 Å². The summed E-state index contributed by atoms with van der Waals surface area (Å²) in [4.78, 5) is 4.37. The van der Waals surface area contributed by atoms with Gasteiger partial charge in [0, 0.05) is 19.5 Å². The molecule has 0 saturated heterocycles. The van der Waals surface area contributed by atoms with Gasteiger partial charge in [0.2, 0.25) is 0 Å². The van der Waals surface area contributed by atoms with Gasteiger partial charge in [-0.25, -0.2) is 4.39 Å². The normalized spacial score (nSPS) is 14.1. The maximum atomic E-state index is 14.2. The van der Waals surface area contributed by atoms with E-state index in [9.17, 15) is 4.39 Å². The van der Waals surface area contributed by atoms with Gasteiger partial charge < -0.3 is 10.1 Å². The van der Waals surface area contributed by atoms with Gasteiger partial charge in [0.1, 0.15) is 17.4 Å². The molecule has 0 spiro atoms. The number of nitrogens with zero attached hydrogens (tertiary/aromatic N) is 1. The molecule has 114 valence electrons. The topological polar surface area (TPSA) is 33.6 Å². The van der Waals surface area contributed by atoms with E-state index in [1.807, 2.05) is 18.2 Å². The summed E-state index contributed by atoms with van der Waals surface area (Å²) in [6.07, 6.45) is 1.76. The number of benzene rings is 2. The first-order valence-electron chi connectivity index (χ1n) is 7.58. The Bertz CT molecular complexity index is 655. The zero-order chi connectivity index (χ0) is 15.2. The molecule has 2 aromatic carbocycles. The van der Waals surface area contributed by atoms with Crippen LogP contribution in [0.4, 0.5) is 4.39 Å². The molecule has 3 nitrogen and oxygen atoms in total. The van der Waals surface area contributed by atoms with Crippen LogP contribution in [0.1, 0.15) is 17.5 Å². The molecule has 22 heavy (non-hydrogen) atoms. The second kappa shape index (κ2) is 7.07. The average Bonchev–Trinajstić information content (AvgIpc) is 2.57. The molecule has 0 atom stereocenters. The van der Waals surface area contributed by atoms with Crippen molar-refractivity contribution in [3.63, 3.8) is 0 Å². The third-order valence-electron chi connectivity index (χ3n) is 3.60. The molecule has 2 aromatic rings. The fourth-order valence-electron chi connectivity index (χ4n) is 2.48. The van der Waals surface area contributed by atoms with Crippen LogP contribution in [0.3, 0.4) is 0 Å². The summed E-state index contributed by atoms with van der Waals surface area (Å²) in [7, 11) is 0. The molecule has 0 fully saturated rings. The van der Waals surface area contributed by atoms with Gasteiger partial charge in [-0.05, 0) is 24.1 Å². The van der Waals surface area contributed by atoms with Crippen LogP contribution in [0.2, 0.25) is 0 Å². The summed E-state index contributed by atoms with van der Waals surface area (Å²) in [5, 5.41) is 3.15. The van der Waals surface area contributed by atoms with Gasteiger partial charge in [-0.15, -0.1) is 0 Å². The van der Waals surface area contributed by atoms with Crippen molar-refractivity contribution >= 4 is 5.84 Å². The predicted molar refractivity (Wildman–Crippen MR) is 86.1 cm³/mol. The highest BCUT2D eigenvalue weighted by atomic mass is 19.1. The van der Waals surface area contributed by atoms with E-state index in [0.29, 0.717) is 23.8 Å². The third kappa shape index (κ3) is 3.45. The summed E-state index contributed by atoms with van der Waals surface area (Å²) < 4.78 is 20.0. The smallest absolute Gasteiger partial charge is 0.137 e. The number of amidine groups is 1. The Balaban J connectivity index is 1.73. The fraction of sp³-hybridized carbons (Fsp3) is 0.278. The average molecular weight is 298 g/mol. The van der Waals surface area contributed by atoms with E-state index in [0.717, 1.165) is 25.9 Å². The molecule has 1 heterocycles. The number of hydrogen-bond donors (Lipinski definition) is 1. The Morgan fingerprint density at radius 1 is 1.09 bits per heavy atom. The summed E-state index contributed by atoms with van der Waals surface area (Å²) in [5.41, 5.74) is 1.64. The van der Waals surface area contributed by atoms with E-state index in [2.05, 4.69) is 22.4 Å². The van der Waals surface area contributed by atoms with Crippen molar-refractivity contribution in [2.24, 2.45) is 4.99 Å². The first-order valence-corrected chi connectivity index (χ1v) is 7.58. The third-order valence-corrected chi connectivity index (χ3v) is 3.60. The Morgan fingerprint density at radius 2 is 1.95 bits per heavy atom. The maximum absolute atomic E-state index is 14.2. The molecule has 4 heteroatoms. The van der Waals surface area contributed by atoms with Gasteiger partial charge in [0.25, 0.3) is 0 Å². The Labute approximate surface area is 129 Å². The van der Waals surface area contributed by atoms with Crippen molar-refractivity contribution in [3.8, 4) is 5.75 Å². The monoisotopic (exact) mass is 298 g/mol. The molecule has 3 rings (SSSR count). The highest BCUT2D eigenvalue weighted by molar-refractivity contribution is 6.01. The van der Waals surface area contributed by atoms with E-state index in [4.69, 9.17) is 4.74 Å². The SMILES string of the molecule is Fc1cccc(OCCc2ccccc2)c1C1=NCCCN1. The molecule has 1 N–H and O–H groups in total. The van der Waals surface area contributed by atoms with Crippen molar-refractivity contribution < 1.29 is 9.13 Å². The minimum Gasteiger partial charge on any atom is -0.492 e. The molecule has 0 unspecified atom stereocenters. The lowest BCUT2D eigenvalue weighted by atomic mass is 10.1. The number of halogens is 1. The first kappa shape index (κ1) is 14.6. The lowest BCUT2D eigenvalue weighted by Gasteiger charge is -2.18. The Morgan fingerprint density at radius 3 is 2.73 bits per heavy atom. The maximum Gasteiger partial charge on any atom is 0.137 e. The molecule has 0 aromatic heterocycles. The fourth-order valence-corrected chi connectivity index (χ4v) is 2.48. The summed E-state index contributed by atoms with van der Waals surface area (Å²) >= 11 is 0.